The van der Waals surface area contributed by atoms with Crippen LogP contribution in [-0.2, 0) is 16.9 Å². The van der Waals surface area contributed by atoms with Gasteiger partial charge in [-0.15, -0.1) is 0 Å². The van der Waals surface area contributed by atoms with E-state index >= 15 is 0 Å². The summed E-state index contributed by atoms with van der Waals surface area (Å²) in [7, 11) is 0. The molecule has 1 saturated carbocycles. The highest BCUT2D eigenvalue weighted by molar-refractivity contribution is 6.05. The highest BCUT2D eigenvalue weighted by Gasteiger charge is 2.45. The molecule has 7 nitrogen and oxygen atoms in total. The molecule has 1 fully saturated rings. The highest BCUT2D eigenvalue weighted by Crippen LogP contribution is 2.49. The predicted octanol–water partition coefficient (Wildman–Crippen LogP) is 5.13. The number of benzene rings is 3. The van der Waals surface area contributed by atoms with E-state index in [2.05, 4.69) is 16.4 Å². The first-order valence-corrected chi connectivity index (χ1v) is 11.2. The number of carbonyl (C=O) groups is 1. The van der Waals surface area contributed by atoms with Gasteiger partial charge in [0.05, 0.1) is 17.3 Å². The SMILES string of the molecule is O=C(O)Cn1c(-c2ccccc2F)ncc(NC2(c3ccc4oc5ccccc5c4c3)CC2)c1=O. The number of furan rings is 1. The van der Waals surface area contributed by atoms with Crippen molar-refractivity contribution in [1.82, 2.24) is 9.55 Å². The number of para-hydroxylation sites is 1. The van der Waals surface area contributed by atoms with Gasteiger partial charge >= 0.3 is 5.97 Å². The Kier molecular flexibility index (Phi) is 4.70. The minimum Gasteiger partial charge on any atom is -0.480 e. The van der Waals surface area contributed by atoms with Crippen molar-refractivity contribution in [1.29, 1.82) is 0 Å². The molecule has 6 rings (SSSR count). The van der Waals surface area contributed by atoms with Crippen molar-refractivity contribution in [2.75, 3.05) is 5.32 Å². The van der Waals surface area contributed by atoms with Gasteiger partial charge in [-0.05, 0) is 48.7 Å². The van der Waals surface area contributed by atoms with E-state index < -0.39 is 29.4 Å². The van der Waals surface area contributed by atoms with E-state index in [9.17, 15) is 19.1 Å². The fourth-order valence-electron chi connectivity index (χ4n) is 4.61. The summed E-state index contributed by atoms with van der Waals surface area (Å²) in [5.74, 6) is -1.84. The maximum atomic E-state index is 14.4. The van der Waals surface area contributed by atoms with Crippen molar-refractivity contribution in [2.24, 2.45) is 0 Å². The second kappa shape index (κ2) is 7.80. The van der Waals surface area contributed by atoms with E-state index in [-0.39, 0.29) is 17.1 Å². The molecule has 35 heavy (non-hydrogen) atoms. The zero-order chi connectivity index (χ0) is 24.2. The van der Waals surface area contributed by atoms with Crippen molar-refractivity contribution >= 4 is 33.6 Å². The Bertz CT molecular complexity index is 1680. The number of rotatable bonds is 6. The molecule has 0 aliphatic heterocycles. The smallest absolute Gasteiger partial charge is 0.323 e. The standard InChI is InChI=1S/C27H20FN3O4/c28-20-7-3-1-6-18(20)25-29-14-21(26(34)31(25)15-24(32)33)30-27(11-12-27)16-9-10-23-19(13-16)17-5-2-4-8-22(17)35-23/h1-10,13-14,30H,11-12,15H2,(H,32,33). The monoisotopic (exact) mass is 469 g/mol. The molecule has 174 valence electrons. The molecule has 5 aromatic rings. The Balaban J connectivity index is 1.42. The van der Waals surface area contributed by atoms with Crippen molar-refractivity contribution in [3.05, 3.63) is 94.7 Å². The molecule has 2 N–H and O–H groups in total. The molecule has 8 heteroatoms. The number of anilines is 1. The third kappa shape index (κ3) is 3.54. The zero-order valence-electron chi connectivity index (χ0n) is 18.5. The fourth-order valence-corrected chi connectivity index (χ4v) is 4.61. The van der Waals surface area contributed by atoms with E-state index in [1.54, 1.807) is 6.07 Å². The topological polar surface area (TPSA) is 97.4 Å². The van der Waals surface area contributed by atoms with Gasteiger partial charge in [0.15, 0.2) is 0 Å². The Morgan fingerprint density at radius 3 is 2.57 bits per heavy atom. The van der Waals surface area contributed by atoms with E-state index in [0.717, 1.165) is 44.9 Å². The summed E-state index contributed by atoms with van der Waals surface area (Å²) in [6.07, 6.45) is 2.94. The lowest BCUT2D eigenvalue weighted by Crippen LogP contribution is -2.31. The molecule has 0 saturated heterocycles. The van der Waals surface area contributed by atoms with Gasteiger partial charge in [-0.1, -0.05) is 36.4 Å². The van der Waals surface area contributed by atoms with Gasteiger partial charge in [0.2, 0.25) is 0 Å². The molecule has 2 aromatic heterocycles. The fraction of sp³-hybridized carbons (Fsp3) is 0.148. The van der Waals surface area contributed by atoms with Crippen LogP contribution < -0.4 is 10.9 Å². The molecule has 0 unspecified atom stereocenters. The van der Waals surface area contributed by atoms with E-state index in [1.807, 2.05) is 36.4 Å². The number of aromatic nitrogens is 2. The van der Waals surface area contributed by atoms with Gasteiger partial charge < -0.3 is 14.8 Å². The average Bonchev–Trinajstić information content (AvgIpc) is 3.54. The van der Waals surface area contributed by atoms with Crippen LogP contribution in [0.3, 0.4) is 0 Å². The van der Waals surface area contributed by atoms with Crippen LogP contribution in [-0.4, -0.2) is 20.6 Å². The molecular weight excluding hydrogens is 449 g/mol. The van der Waals surface area contributed by atoms with Crippen LogP contribution in [0.5, 0.6) is 0 Å². The molecule has 0 spiro atoms. The molecule has 0 bridgehead atoms. The summed E-state index contributed by atoms with van der Waals surface area (Å²) in [4.78, 5) is 29.2. The molecule has 0 radical (unpaired) electrons. The lowest BCUT2D eigenvalue weighted by atomic mass is 10.0. The van der Waals surface area contributed by atoms with Gasteiger partial charge in [0.1, 0.15) is 35.0 Å². The summed E-state index contributed by atoms with van der Waals surface area (Å²) >= 11 is 0. The van der Waals surface area contributed by atoms with Crippen LogP contribution in [0.2, 0.25) is 0 Å². The highest BCUT2D eigenvalue weighted by atomic mass is 19.1. The normalized spacial score (nSPS) is 14.3. The van der Waals surface area contributed by atoms with Gasteiger partial charge in [-0.3, -0.25) is 14.2 Å². The second-order valence-electron chi connectivity index (χ2n) is 8.78. The van der Waals surface area contributed by atoms with Crippen molar-refractivity contribution in [3.63, 3.8) is 0 Å². The Morgan fingerprint density at radius 2 is 1.80 bits per heavy atom. The summed E-state index contributed by atoms with van der Waals surface area (Å²) in [6.45, 7) is -0.634. The quantitative estimate of drug-likeness (QED) is 0.358. The van der Waals surface area contributed by atoms with Crippen LogP contribution in [0.25, 0.3) is 33.3 Å². The van der Waals surface area contributed by atoms with Crippen LogP contribution in [0, 0.1) is 5.82 Å². The largest absolute Gasteiger partial charge is 0.480 e. The maximum Gasteiger partial charge on any atom is 0.323 e. The minimum atomic E-state index is -1.22. The van der Waals surface area contributed by atoms with Crippen LogP contribution in [0.15, 0.2) is 82.1 Å². The van der Waals surface area contributed by atoms with Crippen molar-refractivity contribution < 1.29 is 18.7 Å². The number of halogens is 1. The van der Waals surface area contributed by atoms with E-state index in [0.29, 0.717) is 0 Å². The summed E-state index contributed by atoms with van der Waals surface area (Å²) < 4.78 is 21.3. The molecule has 1 aliphatic rings. The molecule has 1 aliphatic carbocycles. The first-order valence-electron chi connectivity index (χ1n) is 11.2. The van der Waals surface area contributed by atoms with Crippen molar-refractivity contribution in [3.8, 4) is 11.4 Å². The number of nitrogens with one attached hydrogen (secondary N) is 1. The predicted molar refractivity (Wildman–Crippen MR) is 130 cm³/mol. The maximum absolute atomic E-state index is 14.4. The summed E-state index contributed by atoms with van der Waals surface area (Å²) in [5.41, 5.74) is 1.78. The Labute approximate surface area is 198 Å². The lowest BCUT2D eigenvalue weighted by molar-refractivity contribution is -0.137. The molecule has 3 aromatic carbocycles. The van der Waals surface area contributed by atoms with Gasteiger partial charge in [-0.25, -0.2) is 9.37 Å². The van der Waals surface area contributed by atoms with Gasteiger partial charge in [0.25, 0.3) is 5.56 Å². The molecule has 0 amide bonds. The van der Waals surface area contributed by atoms with Gasteiger partial charge in [0, 0.05) is 10.8 Å². The number of hydrogen-bond acceptors (Lipinski definition) is 5. The third-order valence-electron chi connectivity index (χ3n) is 6.51. The minimum absolute atomic E-state index is 0.0304. The number of nitrogens with zero attached hydrogens (tertiary/aromatic N) is 2. The first-order chi connectivity index (χ1) is 16.9. The molecule has 2 heterocycles. The second-order valence-corrected chi connectivity index (χ2v) is 8.78. The Hall–Kier alpha value is -4.46. The third-order valence-corrected chi connectivity index (χ3v) is 6.51. The summed E-state index contributed by atoms with van der Waals surface area (Å²) in [6, 6.07) is 19.6. The van der Waals surface area contributed by atoms with Gasteiger partial charge in [-0.2, -0.15) is 0 Å². The number of fused-ring (bicyclic) bond motifs is 3. The number of hydrogen-bond donors (Lipinski definition) is 2. The number of carboxylic acids is 1. The van der Waals surface area contributed by atoms with Crippen LogP contribution in [0.1, 0.15) is 18.4 Å². The van der Waals surface area contributed by atoms with Crippen LogP contribution >= 0.6 is 0 Å². The molecular formula is C27H20FN3O4. The number of aliphatic carboxylic acids is 1. The Morgan fingerprint density at radius 1 is 1.06 bits per heavy atom. The van der Waals surface area contributed by atoms with E-state index in [1.165, 1.54) is 24.4 Å². The summed E-state index contributed by atoms with van der Waals surface area (Å²) in [5, 5.41) is 14.7. The average molecular weight is 469 g/mol. The zero-order valence-corrected chi connectivity index (χ0v) is 18.5. The van der Waals surface area contributed by atoms with Crippen LogP contribution in [0.4, 0.5) is 10.1 Å². The number of carboxylic acid groups (broad SMARTS) is 1. The molecule has 0 atom stereocenters. The van der Waals surface area contributed by atoms with Crippen molar-refractivity contribution in [2.45, 2.75) is 24.9 Å². The van der Waals surface area contributed by atoms with E-state index in [4.69, 9.17) is 4.42 Å². The lowest BCUT2D eigenvalue weighted by Gasteiger charge is -2.20. The first kappa shape index (κ1) is 21.1.